The van der Waals surface area contributed by atoms with E-state index in [9.17, 15) is 23.1 Å². The molecule has 8 nitrogen and oxygen atoms in total. The Morgan fingerprint density at radius 3 is 2.57 bits per heavy atom. The van der Waals surface area contributed by atoms with Crippen LogP contribution in [-0.4, -0.2) is 53.5 Å². The smallest absolute Gasteiger partial charge is 0.335 e. The molecule has 1 saturated heterocycles. The lowest BCUT2D eigenvalue weighted by atomic mass is 10.2. The van der Waals surface area contributed by atoms with Gasteiger partial charge in [0.15, 0.2) is 0 Å². The first-order valence-electron chi connectivity index (χ1n) is 6.06. The van der Waals surface area contributed by atoms with Crippen molar-refractivity contribution in [2.45, 2.75) is 23.5 Å². The fourth-order valence-corrected chi connectivity index (χ4v) is 3.92. The summed E-state index contributed by atoms with van der Waals surface area (Å²) in [6.07, 6.45) is -1.06. The van der Waals surface area contributed by atoms with E-state index in [0.29, 0.717) is 0 Å². The summed E-state index contributed by atoms with van der Waals surface area (Å²) in [6.45, 7) is -0.257. The van der Waals surface area contributed by atoms with Gasteiger partial charge < -0.3 is 15.9 Å². The van der Waals surface area contributed by atoms with Crippen LogP contribution in [0.3, 0.4) is 0 Å². The maximum atomic E-state index is 12.5. The molecule has 0 spiro atoms. The summed E-state index contributed by atoms with van der Waals surface area (Å²) in [5.74, 6) is -2.12. The van der Waals surface area contributed by atoms with Crippen molar-refractivity contribution in [1.29, 1.82) is 0 Å². The number of nitrogens with two attached hydrogens (primary N) is 1. The number of nitrogens with zero attached hydrogens (tertiary/aromatic N) is 1. The summed E-state index contributed by atoms with van der Waals surface area (Å²) in [5.41, 5.74) is 4.96. The van der Waals surface area contributed by atoms with E-state index in [2.05, 4.69) is 0 Å². The van der Waals surface area contributed by atoms with Gasteiger partial charge in [-0.25, -0.2) is 13.2 Å². The predicted molar refractivity (Wildman–Crippen MR) is 70.9 cm³/mol. The van der Waals surface area contributed by atoms with Crippen LogP contribution in [0.15, 0.2) is 29.2 Å². The molecule has 2 rings (SSSR count). The molecule has 0 bridgehead atoms. The third kappa shape index (κ3) is 2.89. The van der Waals surface area contributed by atoms with E-state index < -0.39 is 34.0 Å². The van der Waals surface area contributed by atoms with Gasteiger partial charge in [-0.3, -0.25) is 4.79 Å². The first-order chi connectivity index (χ1) is 9.73. The fraction of sp³-hybridized carbons (Fsp3) is 0.333. The van der Waals surface area contributed by atoms with Crippen LogP contribution in [0.1, 0.15) is 16.8 Å². The minimum atomic E-state index is -4.11. The number of amides is 1. The highest BCUT2D eigenvalue weighted by Gasteiger charge is 2.42. The van der Waals surface area contributed by atoms with Gasteiger partial charge in [0.2, 0.25) is 15.9 Å². The van der Waals surface area contributed by atoms with E-state index in [1.807, 2.05) is 0 Å². The molecular weight excluding hydrogens is 300 g/mol. The molecule has 0 saturated carbocycles. The summed E-state index contributed by atoms with van der Waals surface area (Å²) in [5, 5.41) is 18.5. The Hall–Kier alpha value is -1.97. The predicted octanol–water partition coefficient (Wildman–Crippen LogP) is -1.01. The summed E-state index contributed by atoms with van der Waals surface area (Å²) in [4.78, 5) is 22.0. The van der Waals surface area contributed by atoms with Crippen molar-refractivity contribution in [3.8, 4) is 0 Å². The van der Waals surface area contributed by atoms with Crippen molar-refractivity contribution in [2.24, 2.45) is 5.73 Å². The van der Waals surface area contributed by atoms with Gasteiger partial charge in [0.1, 0.15) is 6.04 Å². The van der Waals surface area contributed by atoms with E-state index in [1.54, 1.807) is 0 Å². The van der Waals surface area contributed by atoms with Crippen LogP contribution in [0.5, 0.6) is 0 Å². The average molecular weight is 314 g/mol. The Balaban J connectivity index is 2.44. The molecule has 2 atom stereocenters. The number of aliphatic hydroxyl groups is 1. The number of carboxylic acids is 1. The number of aromatic carboxylic acids is 1. The van der Waals surface area contributed by atoms with Gasteiger partial charge in [-0.05, 0) is 18.2 Å². The lowest BCUT2D eigenvalue weighted by molar-refractivity contribution is -0.121. The van der Waals surface area contributed by atoms with Gasteiger partial charge in [0.05, 0.1) is 16.6 Å². The van der Waals surface area contributed by atoms with Crippen LogP contribution in [0.25, 0.3) is 0 Å². The molecule has 21 heavy (non-hydrogen) atoms. The number of hydrogen-bond acceptors (Lipinski definition) is 5. The molecule has 1 aliphatic rings. The molecule has 1 aromatic rings. The summed E-state index contributed by atoms with van der Waals surface area (Å²) >= 11 is 0. The zero-order valence-corrected chi connectivity index (χ0v) is 11.7. The minimum absolute atomic E-state index is 0.0762. The number of carbonyl (C=O) groups is 2. The highest BCUT2D eigenvalue weighted by Crippen LogP contribution is 2.26. The monoisotopic (exact) mass is 314 g/mol. The van der Waals surface area contributed by atoms with Crippen molar-refractivity contribution in [2.75, 3.05) is 6.54 Å². The largest absolute Gasteiger partial charge is 0.478 e. The molecule has 4 N–H and O–H groups in total. The molecule has 2 unspecified atom stereocenters. The third-order valence-corrected chi connectivity index (χ3v) is 5.12. The van der Waals surface area contributed by atoms with E-state index >= 15 is 0 Å². The van der Waals surface area contributed by atoms with E-state index in [4.69, 9.17) is 10.8 Å². The van der Waals surface area contributed by atoms with Gasteiger partial charge >= 0.3 is 5.97 Å². The standard InChI is InChI=1S/C12H14N2O6S/c13-11(16)10-5-8(15)6-14(10)21(19,20)9-3-1-2-7(4-9)12(17)18/h1-4,8,10,15H,5-6H2,(H2,13,16)(H,17,18). The molecule has 114 valence electrons. The Labute approximate surface area is 120 Å². The van der Waals surface area contributed by atoms with Crippen molar-refractivity contribution in [3.63, 3.8) is 0 Å². The Kier molecular flexibility index (Phi) is 3.99. The van der Waals surface area contributed by atoms with Crippen LogP contribution in [0.4, 0.5) is 0 Å². The second kappa shape index (κ2) is 5.43. The number of primary amides is 1. The fourth-order valence-electron chi connectivity index (χ4n) is 2.23. The summed E-state index contributed by atoms with van der Waals surface area (Å²) in [7, 11) is -4.11. The summed E-state index contributed by atoms with van der Waals surface area (Å²) in [6, 6.07) is 3.64. The molecule has 0 aliphatic carbocycles. The molecule has 1 aromatic carbocycles. The topological polar surface area (TPSA) is 138 Å². The molecule has 1 heterocycles. The van der Waals surface area contributed by atoms with Crippen LogP contribution in [-0.2, 0) is 14.8 Å². The number of sulfonamides is 1. The number of hydrogen-bond donors (Lipinski definition) is 3. The average Bonchev–Trinajstić information content (AvgIpc) is 2.82. The van der Waals surface area contributed by atoms with Crippen LogP contribution >= 0.6 is 0 Å². The molecular formula is C12H14N2O6S. The van der Waals surface area contributed by atoms with Gasteiger partial charge in [-0.1, -0.05) is 6.07 Å². The zero-order valence-electron chi connectivity index (χ0n) is 10.8. The molecule has 1 amide bonds. The Morgan fingerprint density at radius 1 is 1.33 bits per heavy atom. The van der Waals surface area contributed by atoms with Crippen LogP contribution < -0.4 is 5.73 Å². The van der Waals surface area contributed by atoms with Crippen LogP contribution in [0.2, 0.25) is 0 Å². The molecule has 0 aromatic heterocycles. The van der Waals surface area contributed by atoms with Gasteiger partial charge in [0.25, 0.3) is 0 Å². The highest BCUT2D eigenvalue weighted by molar-refractivity contribution is 7.89. The van der Waals surface area contributed by atoms with Gasteiger partial charge in [-0.2, -0.15) is 4.31 Å². The number of benzene rings is 1. The Bertz CT molecular complexity index is 687. The number of carboxylic acid groups (broad SMARTS) is 1. The minimum Gasteiger partial charge on any atom is -0.478 e. The van der Waals surface area contributed by atoms with Crippen LogP contribution in [0, 0.1) is 0 Å². The number of carbonyl (C=O) groups excluding carboxylic acids is 1. The first-order valence-corrected chi connectivity index (χ1v) is 7.50. The number of rotatable bonds is 4. The van der Waals surface area contributed by atoms with Crippen molar-refractivity contribution in [3.05, 3.63) is 29.8 Å². The normalized spacial score (nSPS) is 23.1. The molecule has 1 aliphatic heterocycles. The number of β-amino-alcohol motifs (C(OH)–C–C–N with tert-alkyl or cyclic N) is 1. The SMILES string of the molecule is NC(=O)C1CC(O)CN1S(=O)(=O)c1cccc(C(=O)O)c1. The third-order valence-electron chi connectivity index (χ3n) is 3.25. The number of aliphatic hydroxyl groups excluding tert-OH is 1. The van der Waals surface area contributed by atoms with E-state index in [1.165, 1.54) is 18.2 Å². The Morgan fingerprint density at radius 2 is 2.00 bits per heavy atom. The second-order valence-corrected chi connectivity index (χ2v) is 6.61. The maximum Gasteiger partial charge on any atom is 0.335 e. The maximum absolute atomic E-state index is 12.5. The lowest BCUT2D eigenvalue weighted by Crippen LogP contribution is -2.43. The first kappa shape index (κ1) is 15.4. The van der Waals surface area contributed by atoms with Crippen molar-refractivity contribution < 1.29 is 28.2 Å². The van der Waals surface area contributed by atoms with Gasteiger partial charge in [-0.15, -0.1) is 0 Å². The van der Waals surface area contributed by atoms with E-state index in [-0.39, 0.29) is 23.4 Å². The quantitative estimate of drug-likeness (QED) is 0.651. The van der Waals surface area contributed by atoms with Gasteiger partial charge in [0, 0.05) is 13.0 Å². The molecule has 9 heteroatoms. The van der Waals surface area contributed by atoms with E-state index in [0.717, 1.165) is 10.4 Å². The molecule has 1 fully saturated rings. The second-order valence-electron chi connectivity index (χ2n) is 4.72. The highest BCUT2D eigenvalue weighted by atomic mass is 32.2. The summed E-state index contributed by atoms with van der Waals surface area (Å²) < 4.78 is 25.8. The van der Waals surface area contributed by atoms with Crippen molar-refractivity contribution in [1.82, 2.24) is 4.31 Å². The zero-order chi connectivity index (χ0) is 15.8. The van der Waals surface area contributed by atoms with Crippen molar-refractivity contribution >= 4 is 21.9 Å². The lowest BCUT2D eigenvalue weighted by Gasteiger charge is -2.21. The molecule has 0 radical (unpaired) electrons.